The van der Waals surface area contributed by atoms with Crippen molar-refractivity contribution in [2.24, 2.45) is 0 Å². The fourth-order valence-electron chi connectivity index (χ4n) is 2.80. The van der Waals surface area contributed by atoms with Crippen molar-refractivity contribution in [3.63, 3.8) is 0 Å². The number of aryl methyl sites for hydroxylation is 3. The molecule has 5 heteroatoms. The minimum atomic E-state index is 0.578. The van der Waals surface area contributed by atoms with Crippen LogP contribution >= 0.6 is 0 Å². The smallest absolute Gasteiger partial charge is 0.224 e. The quantitative estimate of drug-likeness (QED) is 0.753. The number of hydrogen-bond acceptors (Lipinski definition) is 5. The number of nitrogens with one attached hydrogen (secondary N) is 2. The van der Waals surface area contributed by atoms with E-state index in [9.17, 15) is 0 Å². The first-order valence-electron chi connectivity index (χ1n) is 7.89. The Morgan fingerprint density at radius 1 is 0.875 bits per heavy atom. The van der Waals surface area contributed by atoms with Gasteiger partial charge in [-0.05, 0) is 44.0 Å². The van der Waals surface area contributed by atoms with E-state index in [-0.39, 0.29) is 0 Å². The fraction of sp³-hybridized carbons (Fsp3) is 0.211. The van der Waals surface area contributed by atoms with E-state index in [1.54, 1.807) is 12.4 Å². The molecule has 0 radical (unpaired) electrons. The molecule has 2 heterocycles. The summed E-state index contributed by atoms with van der Waals surface area (Å²) in [4.78, 5) is 13.1. The lowest BCUT2D eigenvalue weighted by atomic mass is 10.1. The second-order valence-electron chi connectivity index (χ2n) is 5.85. The monoisotopic (exact) mass is 319 g/mol. The van der Waals surface area contributed by atoms with Gasteiger partial charge in [0.1, 0.15) is 5.82 Å². The first kappa shape index (κ1) is 15.9. The Morgan fingerprint density at radius 3 is 2.17 bits per heavy atom. The summed E-state index contributed by atoms with van der Waals surface area (Å²) < 4.78 is 0. The highest BCUT2D eigenvalue weighted by Crippen LogP contribution is 2.27. The molecule has 0 aliphatic heterocycles. The van der Waals surface area contributed by atoms with Crippen LogP contribution in [0, 0.1) is 20.8 Å². The van der Waals surface area contributed by atoms with Crippen LogP contribution < -0.4 is 10.6 Å². The van der Waals surface area contributed by atoms with Crippen molar-refractivity contribution in [2.45, 2.75) is 20.8 Å². The summed E-state index contributed by atoms with van der Waals surface area (Å²) in [5, 5.41) is 6.47. The third-order valence-electron chi connectivity index (χ3n) is 3.86. The average Bonchev–Trinajstić information content (AvgIpc) is 2.58. The predicted molar refractivity (Wildman–Crippen MR) is 98.7 cm³/mol. The molecule has 0 saturated heterocycles. The van der Waals surface area contributed by atoms with E-state index in [0.29, 0.717) is 5.95 Å². The number of rotatable bonds is 4. The Labute approximate surface area is 142 Å². The van der Waals surface area contributed by atoms with Gasteiger partial charge in [-0.25, -0.2) is 4.98 Å². The third kappa shape index (κ3) is 3.35. The Hall–Kier alpha value is -2.95. The number of aromatic nitrogens is 3. The summed E-state index contributed by atoms with van der Waals surface area (Å²) in [6.07, 6.45) is 3.52. The molecule has 0 spiro atoms. The van der Waals surface area contributed by atoms with Crippen LogP contribution in [0.25, 0.3) is 11.3 Å². The lowest BCUT2D eigenvalue weighted by molar-refractivity contribution is 1.15. The van der Waals surface area contributed by atoms with Gasteiger partial charge in [-0.1, -0.05) is 17.7 Å². The maximum atomic E-state index is 4.53. The molecule has 3 aromatic rings. The van der Waals surface area contributed by atoms with Crippen LogP contribution in [-0.2, 0) is 0 Å². The highest BCUT2D eigenvalue weighted by molar-refractivity contribution is 5.70. The molecule has 0 unspecified atom stereocenters. The zero-order chi connectivity index (χ0) is 17.1. The molecule has 2 aromatic heterocycles. The molecule has 24 heavy (non-hydrogen) atoms. The van der Waals surface area contributed by atoms with E-state index in [2.05, 4.69) is 58.5 Å². The van der Waals surface area contributed by atoms with Crippen molar-refractivity contribution in [3.8, 4) is 11.3 Å². The van der Waals surface area contributed by atoms with E-state index in [4.69, 9.17) is 0 Å². The fourth-order valence-corrected chi connectivity index (χ4v) is 2.80. The van der Waals surface area contributed by atoms with E-state index in [0.717, 1.165) is 22.8 Å². The van der Waals surface area contributed by atoms with Crippen molar-refractivity contribution < 1.29 is 0 Å². The van der Waals surface area contributed by atoms with Gasteiger partial charge in [-0.15, -0.1) is 0 Å². The Bertz CT molecular complexity index is 836. The predicted octanol–water partition coefficient (Wildman–Crippen LogP) is 4.25. The molecule has 0 fully saturated rings. The SMILES string of the molecule is CNc1nc(Nc2c(C)cc(C)cc2C)cc(-c2ccncc2)n1. The van der Waals surface area contributed by atoms with Gasteiger partial charge in [0.2, 0.25) is 5.95 Å². The topological polar surface area (TPSA) is 62.7 Å². The highest BCUT2D eigenvalue weighted by Gasteiger charge is 2.09. The number of benzene rings is 1. The highest BCUT2D eigenvalue weighted by atomic mass is 15.1. The number of nitrogens with zero attached hydrogens (tertiary/aromatic N) is 3. The molecule has 3 rings (SSSR count). The average molecular weight is 319 g/mol. The summed E-state index contributed by atoms with van der Waals surface area (Å²) >= 11 is 0. The van der Waals surface area contributed by atoms with Crippen molar-refractivity contribution >= 4 is 17.5 Å². The van der Waals surface area contributed by atoms with Gasteiger partial charge in [-0.2, -0.15) is 4.98 Å². The number of hydrogen-bond donors (Lipinski definition) is 2. The van der Waals surface area contributed by atoms with Gasteiger partial charge < -0.3 is 10.6 Å². The van der Waals surface area contributed by atoms with Gasteiger partial charge in [-0.3, -0.25) is 4.98 Å². The maximum absolute atomic E-state index is 4.53. The minimum Gasteiger partial charge on any atom is -0.357 e. The van der Waals surface area contributed by atoms with Crippen molar-refractivity contribution in [3.05, 3.63) is 59.4 Å². The molecule has 5 nitrogen and oxygen atoms in total. The molecule has 0 aliphatic carbocycles. The summed E-state index contributed by atoms with van der Waals surface area (Å²) in [6, 6.07) is 10.2. The van der Waals surface area contributed by atoms with Gasteiger partial charge >= 0.3 is 0 Å². The first-order chi connectivity index (χ1) is 11.6. The zero-order valence-corrected chi connectivity index (χ0v) is 14.4. The van der Waals surface area contributed by atoms with E-state index in [1.807, 2.05) is 25.2 Å². The Morgan fingerprint density at radius 2 is 1.54 bits per heavy atom. The van der Waals surface area contributed by atoms with Crippen LogP contribution in [-0.4, -0.2) is 22.0 Å². The second kappa shape index (κ2) is 6.66. The summed E-state index contributed by atoms with van der Waals surface area (Å²) in [5.74, 6) is 1.34. The minimum absolute atomic E-state index is 0.578. The molecule has 0 atom stereocenters. The zero-order valence-electron chi connectivity index (χ0n) is 14.4. The molecular weight excluding hydrogens is 298 g/mol. The van der Waals surface area contributed by atoms with Crippen LogP contribution in [0.2, 0.25) is 0 Å². The summed E-state index contributed by atoms with van der Waals surface area (Å²) in [5.41, 5.74) is 6.59. The van der Waals surface area contributed by atoms with Crippen LogP contribution in [0.15, 0.2) is 42.7 Å². The molecule has 0 amide bonds. The Balaban J connectivity index is 2.03. The van der Waals surface area contributed by atoms with E-state index >= 15 is 0 Å². The molecule has 0 saturated carbocycles. The van der Waals surface area contributed by atoms with Crippen molar-refractivity contribution in [1.29, 1.82) is 0 Å². The number of anilines is 3. The summed E-state index contributed by atoms with van der Waals surface area (Å²) in [7, 11) is 1.82. The molecule has 122 valence electrons. The van der Waals surface area contributed by atoms with Crippen molar-refractivity contribution in [2.75, 3.05) is 17.7 Å². The van der Waals surface area contributed by atoms with E-state index in [1.165, 1.54) is 16.7 Å². The van der Waals surface area contributed by atoms with Gasteiger partial charge in [0.05, 0.1) is 5.69 Å². The van der Waals surface area contributed by atoms with Crippen LogP contribution in [0.3, 0.4) is 0 Å². The lowest BCUT2D eigenvalue weighted by Crippen LogP contribution is -2.04. The standard InChI is InChI=1S/C19H21N5/c1-12-9-13(2)18(14(3)10-12)23-17-11-16(22-19(20-4)24-17)15-5-7-21-8-6-15/h5-11H,1-4H3,(H2,20,22,23,24). The van der Waals surface area contributed by atoms with Crippen LogP contribution in [0.5, 0.6) is 0 Å². The van der Waals surface area contributed by atoms with Crippen LogP contribution in [0.4, 0.5) is 17.5 Å². The Kier molecular flexibility index (Phi) is 4.42. The normalized spacial score (nSPS) is 10.5. The largest absolute Gasteiger partial charge is 0.357 e. The molecule has 2 N–H and O–H groups in total. The molecule has 0 bridgehead atoms. The van der Waals surface area contributed by atoms with Crippen LogP contribution in [0.1, 0.15) is 16.7 Å². The third-order valence-corrected chi connectivity index (χ3v) is 3.86. The molecule has 0 aliphatic rings. The summed E-state index contributed by atoms with van der Waals surface area (Å²) in [6.45, 7) is 6.31. The van der Waals surface area contributed by atoms with E-state index < -0.39 is 0 Å². The van der Waals surface area contributed by atoms with Crippen molar-refractivity contribution in [1.82, 2.24) is 15.0 Å². The lowest BCUT2D eigenvalue weighted by Gasteiger charge is -2.15. The molecule has 1 aromatic carbocycles. The van der Waals surface area contributed by atoms with Gasteiger partial charge in [0, 0.05) is 36.8 Å². The maximum Gasteiger partial charge on any atom is 0.224 e. The van der Waals surface area contributed by atoms with Gasteiger partial charge in [0.25, 0.3) is 0 Å². The second-order valence-corrected chi connectivity index (χ2v) is 5.85. The first-order valence-corrected chi connectivity index (χ1v) is 7.89. The molecular formula is C19H21N5. The number of pyridine rings is 1. The van der Waals surface area contributed by atoms with Gasteiger partial charge in [0.15, 0.2) is 0 Å².